The van der Waals surface area contributed by atoms with Crippen LogP contribution in [0.2, 0.25) is 0 Å². The van der Waals surface area contributed by atoms with Crippen molar-refractivity contribution in [3.8, 4) is 5.75 Å². The molecule has 0 bridgehead atoms. The average molecular weight is 515 g/mol. The summed E-state index contributed by atoms with van der Waals surface area (Å²) in [6.07, 6.45) is -0.0985. The molecule has 2 atom stereocenters. The minimum absolute atomic E-state index is 0.0555. The zero-order valence-electron chi connectivity index (χ0n) is 22.8. The number of hydrogen-bond acceptors (Lipinski definition) is 3. The van der Waals surface area contributed by atoms with E-state index < -0.39 is 11.9 Å². The summed E-state index contributed by atoms with van der Waals surface area (Å²) < 4.78 is 21.8. The average Bonchev–Trinajstić information content (AvgIpc) is 3.14. The Morgan fingerprint density at radius 3 is 2.45 bits per heavy atom. The lowest BCUT2D eigenvalue weighted by molar-refractivity contribution is -0.113. The third kappa shape index (κ3) is 5.64. The number of benzene rings is 3. The highest BCUT2D eigenvalue weighted by atomic mass is 19.1. The number of carbonyl (C=O) groups excluding carboxylic acids is 2. The van der Waals surface area contributed by atoms with Gasteiger partial charge in [0.15, 0.2) is 24.0 Å². The maximum atomic E-state index is 14.2. The number of nitrogens with zero attached hydrogens (tertiary/aromatic N) is 1. The van der Waals surface area contributed by atoms with Crippen molar-refractivity contribution in [2.24, 2.45) is 0 Å². The first-order chi connectivity index (χ1) is 18.1. The summed E-state index contributed by atoms with van der Waals surface area (Å²) in [7, 11) is 0. The zero-order valence-corrected chi connectivity index (χ0v) is 22.8. The van der Waals surface area contributed by atoms with Crippen LogP contribution in [0.25, 0.3) is 10.9 Å². The Kier molecular flexibility index (Phi) is 8.00. The van der Waals surface area contributed by atoms with Crippen LogP contribution < -0.4 is 10.1 Å². The van der Waals surface area contributed by atoms with E-state index in [0.29, 0.717) is 24.3 Å². The first-order valence-corrected chi connectivity index (χ1v) is 13.0. The predicted octanol–water partition coefficient (Wildman–Crippen LogP) is 7.03. The number of rotatable bonds is 9. The van der Waals surface area contributed by atoms with Crippen LogP contribution in [0.3, 0.4) is 0 Å². The summed E-state index contributed by atoms with van der Waals surface area (Å²) >= 11 is 0. The Labute approximate surface area is 223 Å². The monoisotopic (exact) mass is 514 g/mol. The van der Waals surface area contributed by atoms with Crippen LogP contribution in [-0.2, 0) is 11.3 Å². The molecule has 0 aliphatic rings. The molecule has 0 saturated carbocycles. The first-order valence-electron chi connectivity index (χ1n) is 13.0. The molecule has 1 N–H and O–H groups in total. The summed E-state index contributed by atoms with van der Waals surface area (Å²) in [4.78, 5) is 24.1. The maximum Gasteiger partial charge on any atom is 0.251 e. The highest BCUT2D eigenvalue weighted by molar-refractivity contribution is 5.99. The van der Waals surface area contributed by atoms with Crippen LogP contribution in [0.5, 0.6) is 5.75 Å². The molecule has 0 unspecified atom stereocenters. The molecule has 0 fully saturated rings. The van der Waals surface area contributed by atoms with Crippen LogP contribution in [0.15, 0.2) is 60.7 Å². The largest absolute Gasteiger partial charge is 0.480 e. The third-order valence-electron chi connectivity index (χ3n) is 7.17. The number of aromatic nitrogens is 1. The summed E-state index contributed by atoms with van der Waals surface area (Å²) in [5.74, 6) is -0.151. The molecule has 0 radical (unpaired) electrons. The van der Waals surface area contributed by atoms with E-state index in [9.17, 15) is 14.0 Å². The number of fused-ring (bicyclic) bond motifs is 1. The molecule has 0 saturated heterocycles. The molecule has 4 rings (SSSR count). The second-order valence-corrected chi connectivity index (χ2v) is 10.3. The van der Waals surface area contributed by atoms with Gasteiger partial charge in [0, 0.05) is 28.7 Å². The smallest absolute Gasteiger partial charge is 0.251 e. The molecule has 0 aliphatic heterocycles. The number of ether oxygens (including phenoxy) is 1. The SMILES string of the molecule is Cc1c(C)n(Cc2ccc(F)c(O[C@@H](C)C=O)c2)c2ccc(C(=O)N[C@@H](C)c3cccc(C(C)C)c3)cc12. The van der Waals surface area contributed by atoms with Gasteiger partial charge in [0.2, 0.25) is 0 Å². The van der Waals surface area contributed by atoms with E-state index in [1.807, 2.05) is 51.1 Å². The summed E-state index contributed by atoms with van der Waals surface area (Å²) in [5, 5.41) is 4.13. The molecular weight excluding hydrogens is 479 g/mol. The van der Waals surface area contributed by atoms with Gasteiger partial charge in [0.1, 0.15) is 0 Å². The molecule has 1 amide bonds. The minimum Gasteiger partial charge on any atom is -0.480 e. The van der Waals surface area contributed by atoms with Crippen molar-refractivity contribution in [3.05, 3.63) is 100.0 Å². The van der Waals surface area contributed by atoms with Gasteiger partial charge < -0.3 is 14.6 Å². The molecule has 3 aromatic carbocycles. The normalized spacial score (nSPS) is 12.9. The summed E-state index contributed by atoms with van der Waals surface area (Å²) in [6.45, 7) is 12.5. The van der Waals surface area contributed by atoms with Crippen molar-refractivity contribution in [1.29, 1.82) is 0 Å². The van der Waals surface area contributed by atoms with Gasteiger partial charge in [-0.25, -0.2) is 4.39 Å². The highest BCUT2D eigenvalue weighted by Crippen LogP contribution is 2.29. The van der Waals surface area contributed by atoms with Crippen molar-refractivity contribution < 1.29 is 18.7 Å². The summed E-state index contributed by atoms with van der Waals surface area (Å²) in [5.41, 5.74) is 6.90. The van der Waals surface area contributed by atoms with E-state index in [0.717, 1.165) is 33.3 Å². The first kappa shape index (κ1) is 27.1. The van der Waals surface area contributed by atoms with Gasteiger partial charge in [-0.1, -0.05) is 44.2 Å². The Balaban J connectivity index is 1.58. The van der Waals surface area contributed by atoms with Crippen LogP contribution in [0, 0.1) is 19.7 Å². The standard InChI is InChI=1S/C32H35FN2O3/c1-19(2)25-8-7-9-26(15-25)22(5)34-32(37)27-11-13-30-28(16-27)21(4)23(6)35(30)17-24-10-12-29(33)31(14-24)38-20(3)18-36/h7-16,18-20,22H,17H2,1-6H3,(H,34,37)/t20-,22-/m0/s1. The molecule has 0 aliphatic carbocycles. The van der Waals surface area contributed by atoms with E-state index >= 15 is 0 Å². The zero-order chi connectivity index (χ0) is 27.6. The van der Waals surface area contributed by atoms with Crippen molar-refractivity contribution >= 4 is 23.1 Å². The Morgan fingerprint density at radius 2 is 1.74 bits per heavy atom. The molecule has 198 valence electrons. The van der Waals surface area contributed by atoms with E-state index in [2.05, 4.69) is 35.9 Å². The van der Waals surface area contributed by atoms with E-state index in [1.165, 1.54) is 11.6 Å². The van der Waals surface area contributed by atoms with Crippen molar-refractivity contribution in [1.82, 2.24) is 9.88 Å². The maximum absolute atomic E-state index is 14.2. The number of amides is 1. The van der Waals surface area contributed by atoms with Crippen LogP contribution >= 0.6 is 0 Å². The lowest BCUT2D eigenvalue weighted by atomic mass is 9.98. The molecule has 38 heavy (non-hydrogen) atoms. The molecule has 0 spiro atoms. The lowest BCUT2D eigenvalue weighted by Gasteiger charge is -2.17. The van der Waals surface area contributed by atoms with Gasteiger partial charge in [-0.2, -0.15) is 0 Å². The van der Waals surface area contributed by atoms with Gasteiger partial charge in [0.05, 0.1) is 6.04 Å². The van der Waals surface area contributed by atoms with E-state index in [1.54, 1.807) is 19.1 Å². The molecule has 5 nitrogen and oxygen atoms in total. The fraction of sp³-hybridized carbons (Fsp3) is 0.312. The molecule has 4 aromatic rings. The molecule has 6 heteroatoms. The van der Waals surface area contributed by atoms with Gasteiger partial charge in [-0.05, 0) is 86.2 Å². The number of halogens is 1. The van der Waals surface area contributed by atoms with Gasteiger partial charge in [-0.15, -0.1) is 0 Å². The third-order valence-corrected chi connectivity index (χ3v) is 7.17. The van der Waals surface area contributed by atoms with Gasteiger partial charge in [-0.3, -0.25) is 9.59 Å². The van der Waals surface area contributed by atoms with E-state index in [-0.39, 0.29) is 17.7 Å². The second-order valence-electron chi connectivity index (χ2n) is 10.3. The van der Waals surface area contributed by atoms with Crippen molar-refractivity contribution in [2.75, 3.05) is 0 Å². The van der Waals surface area contributed by atoms with Crippen LogP contribution in [0.4, 0.5) is 4.39 Å². The van der Waals surface area contributed by atoms with E-state index in [4.69, 9.17) is 4.74 Å². The summed E-state index contributed by atoms with van der Waals surface area (Å²) in [6, 6.07) is 18.7. The number of carbonyl (C=O) groups is 2. The Bertz CT molecular complexity index is 1490. The second kappa shape index (κ2) is 11.2. The van der Waals surface area contributed by atoms with Crippen molar-refractivity contribution in [2.45, 2.75) is 66.2 Å². The fourth-order valence-corrected chi connectivity index (χ4v) is 4.69. The number of aryl methyl sites for hydroxylation is 1. The van der Waals surface area contributed by atoms with Crippen molar-refractivity contribution in [3.63, 3.8) is 0 Å². The van der Waals surface area contributed by atoms with Gasteiger partial charge in [0.25, 0.3) is 5.91 Å². The molecule has 1 aromatic heterocycles. The van der Waals surface area contributed by atoms with Gasteiger partial charge >= 0.3 is 0 Å². The Morgan fingerprint density at radius 1 is 1.00 bits per heavy atom. The Hall–Kier alpha value is -3.93. The predicted molar refractivity (Wildman–Crippen MR) is 149 cm³/mol. The van der Waals surface area contributed by atoms with Crippen LogP contribution in [-0.4, -0.2) is 22.9 Å². The topological polar surface area (TPSA) is 60.3 Å². The molecular formula is C32H35FN2O3. The minimum atomic E-state index is -0.734. The highest BCUT2D eigenvalue weighted by Gasteiger charge is 2.17. The fourth-order valence-electron chi connectivity index (χ4n) is 4.69. The molecule has 1 heterocycles. The number of hydrogen-bond donors (Lipinski definition) is 1. The van der Waals surface area contributed by atoms with Crippen LogP contribution in [0.1, 0.15) is 78.0 Å². The number of nitrogens with one attached hydrogen (secondary N) is 1. The quantitative estimate of drug-likeness (QED) is 0.244. The lowest BCUT2D eigenvalue weighted by Crippen LogP contribution is -2.26. The number of aldehydes is 1.